The molecular weight excluding hydrogens is 182 g/mol. The molecule has 1 rings (SSSR count). The summed E-state index contributed by atoms with van der Waals surface area (Å²) in [5.41, 5.74) is -0.381. The summed E-state index contributed by atoms with van der Waals surface area (Å²) in [6.07, 6.45) is 3.13. The van der Waals surface area contributed by atoms with Gasteiger partial charge in [0.05, 0.1) is 0 Å². The van der Waals surface area contributed by atoms with E-state index in [1.165, 1.54) is 6.42 Å². The van der Waals surface area contributed by atoms with Crippen molar-refractivity contribution >= 4 is 12.9 Å². The van der Waals surface area contributed by atoms with Gasteiger partial charge >= 0.3 is 6.09 Å². The topological polar surface area (TPSA) is 55.4 Å². The van der Waals surface area contributed by atoms with Gasteiger partial charge in [0.25, 0.3) is 0 Å². The Hall–Kier alpha value is -1.06. The van der Waals surface area contributed by atoms with Gasteiger partial charge in [0, 0.05) is 6.04 Å². The van der Waals surface area contributed by atoms with Crippen LogP contribution in [-0.4, -0.2) is 24.5 Å². The third-order valence-electron chi connectivity index (χ3n) is 1.83. The monoisotopic (exact) mass is 201 g/mol. The quantitative estimate of drug-likeness (QED) is 0.704. The standard InChI is InChI=1S/C9H17NO2.CH2O/c1-9(2,3)12-8(11)10-7-5-4-6-7;1-2/h7H,4-6H2,1-3H3,(H,10,11);1H2. The zero-order chi connectivity index (χ0) is 11.2. The first-order chi connectivity index (χ1) is 6.47. The van der Waals surface area contributed by atoms with Crippen molar-refractivity contribution in [2.45, 2.75) is 51.7 Å². The van der Waals surface area contributed by atoms with Crippen molar-refractivity contribution < 1.29 is 14.3 Å². The van der Waals surface area contributed by atoms with Gasteiger partial charge < -0.3 is 14.8 Å². The highest BCUT2D eigenvalue weighted by Gasteiger charge is 2.22. The predicted molar refractivity (Wildman–Crippen MR) is 54.1 cm³/mol. The number of hydrogen-bond acceptors (Lipinski definition) is 3. The first-order valence-electron chi connectivity index (χ1n) is 4.76. The zero-order valence-corrected chi connectivity index (χ0v) is 9.13. The van der Waals surface area contributed by atoms with Crippen LogP contribution in [0.2, 0.25) is 0 Å². The van der Waals surface area contributed by atoms with Gasteiger partial charge in [0.15, 0.2) is 0 Å². The van der Waals surface area contributed by atoms with E-state index in [0.717, 1.165) is 12.8 Å². The third kappa shape index (κ3) is 5.56. The van der Waals surface area contributed by atoms with Crippen LogP contribution in [0.15, 0.2) is 0 Å². The van der Waals surface area contributed by atoms with Crippen LogP contribution in [0, 0.1) is 0 Å². The van der Waals surface area contributed by atoms with Crippen LogP contribution in [0.4, 0.5) is 4.79 Å². The summed E-state index contributed by atoms with van der Waals surface area (Å²) in [7, 11) is 0. The van der Waals surface area contributed by atoms with Crippen molar-refractivity contribution in [3.63, 3.8) is 0 Å². The Kier molecular flexibility index (Phi) is 5.20. The molecule has 1 aliphatic rings. The van der Waals surface area contributed by atoms with Gasteiger partial charge in [0.1, 0.15) is 12.4 Å². The summed E-state index contributed by atoms with van der Waals surface area (Å²) in [5.74, 6) is 0. The fraction of sp³-hybridized carbons (Fsp3) is 0.800. The lowest BCUT2D eigenvalue weighted by Gasteiger charge is -2.28. The fourth-order valence-corrected chi connectivity index (χ4v) is 1.03. The van der Waals surface area contributed by atoms with Crippen molar-refractivity contribution in [1.82, 2.24) is 5.32 Å². The van der Waals surface area contributed by atoms with Crippen molar-refractivity contribution in [3.8, 4) is 0 Å². The van der Waals surface area contributed by atoms with Gasteiger partial charge in [-0.2, -0.15) is 0 Å². The molecule has 0 aromatic heterocycles. The van der Waals surface area contributed by atoms with Gasteiger partial charge in [-0.3, -0.25) is 0 Å². The molecular formula is C10H19NO3. The largest absolute Gasteiger partial charge is 0.444 e. The average molecular weight is 201 g/mol. The van der Waals surface area contributed by atoms with Crippen LogP contribution < -0.4 is 5.32 Å². The Balaban J connectivity index is 0.000000791. The van der Waals surface area contributed by atoms with E-state index in [-0.39, 0.29) is 11.7 Å². The van der Waals surface area contributed by atoms with E-state index >= 15 is 0 Å². The molecule has 0 aromatic carbocycles. The molecule has 0 unspecified atom stereocenters. The van der Waals surface area contributed by atoms with Gasteiger partial charge in [-0.1, -0.05) is 0 Å². The first-order valence-corrected chi connectivity index (χ1v) is 4.76. The van der Waals surface area contributed by atoms with E-state index in [1.807, 2.05) is 27.6 Å². The highest BCUT2D eigenvalue weighted by molar-refractivity contribution is 5.68. The Morgan fingerprint density at radius 1 is 1.36 bits per heavy atom. The summed E-state index contributed by atoms with van der Waals surface area (Å²) >= 11 is 0. The van der Waals surface area contributed by atoms with E-state index < -0.39 is 0 Å². The Bertz CT molecular complexity index is 182. The molecule has 4 nitrogen and oxygen atoms in total. The van der Waals surface area contributed by atoms with Crippen LogP contribution in [0.1, 0.15) is 40.0 Å². The third-order valence-corrected chi connectivity index (χ3v) is 1.83. The molecule has 1 fully saturated rings. The van der Waals surface area contributed by atoms with E-state index in [1.54, 1.807) is 0 Å². The number of nitrogens with one attached hydrogen (secondary N) is 1. The second-order valence-corrected chi connectivity index (χ2v) is 4.27. The molecule has 82 valence electrons. The predicted octanol–water partition coefficient (Wildman–Crippen LogP) is 1.88. The summed E-state index contributed by atoms with van der Waals surface area (Å²) in [6, 6.07) is 0.361. The number of alkyl carbamates (subject to hydrolysis) is 1. The average Bonchev–Trinajstić information content (AvgIpc) is 1.98. The molecule has 4 heteroatoms. The lowest BCUT2D eigenvalue weighted by molar-refractivity contribution is -0.0980. The maximum atomic E-state index is 11.1. The molecule has 0 aromatic rings. The molecule has 0 atom stereocenters. The minimum atomic E-state index is -0.381. The normalized spacial score (nSPS) is 15.9. The molecule has 0 bridgehead atoms. The molecule has 0 aliphatic heterocycles. The van der Waals surface area contributed by atoms with E-state index in [2.05, 4.69) is 5.32 Å². The Morgan fingerprint density at radius 3 is 2.14 bits per heavy atom. The van der Waals surface area contributed by atoms with E-state index in [9.17, 15) is 4.79 Å². The number of rotatable bonds is 1. The molecule has 14 heavy (non-hydrogen) atoms. The van der Waals surface area contributed by atoms with Crippen molar-refractivity contribution in [3.05, 3.63) is 0 Å². The lowest BCUT2D eigenvalue weighted by Crippen LogP contribution is -2.42. The maximum absolute atomic E-state index is 11.1. The number of carbonyl (C=O) groups excluding carboxylic acids is 2. The molecule has 1 N–H and O–H groups in total. The molecule has 0 heterocycles. The highest BCUT2D eigenvalue weighted by Crippen LogP contribution is 2.18. The van der Waals surface area contributed by atoms with Crippen molar-refractivity contribution in [2.75, 3.05) is 0 Å². The second-order valence-electron chi connectivity index (χ2n) is 4.27. The molecule has 0 spiro atoms. The molecule has 1 saturated carbocycles. The number of hydrogen-bond donors (Lipinski definition) is 1. The number of ether oxygens (including phenoxy) is 1. The van der Waals surface area contributed by atoms with Gasteiger partial charge in [0.2, 0.25) is 0 Å². The summed E-state index contributed by atoms with van der Waals surface area (Å²) in [4.78, 5) is 19.1. The minimum absolute atomic E-state index is 0.285. The van der Waals surface area contributed by atoms with Crippen LogP contribution >= 0.6 is 0 Å². The van der Waals surface area contributed by atoms with Gasteiger partial charge in [-0.05, 0) is 40.0 Å². The summed E-state index contributed by atoms with van der Waals surface area (Å²) in [5, 5.41) is 2.81. The lowest BCUT2D eigenvalue weighted by atomic mass is 9.93. The number of carbonyl (C=O) groups is 2. The number of amides is 1. The smallest absolute Gasteiger partial charge is 0.407 e. The second kappa shape index (κ2) is 5.62. The van der Waals surface area contributed by atoms with E-state index in [0.29, 0.717) is 6.04 Å². The first kappa shape index (κ1) is 12.9. The van der Waals surface area contributed by atoms with Crippen LogP contribution in [-0.2, 0) is 9.53 Å². The molecule has 1 amide bonds. The SMILES string of the molecule is C=O.CC(C)(C)OC(=O)NC1CCC1. The fourth-order valence-electron chi connectivity index (χ4n) is 1.03. The van der Waals surface area contributed by atoms with Crippen LogP contribution in [0.25, 0.3) is 0 Å². The Labute approximate surface area is 85.0 Å². The van der Waals surface area contributed by atoms with Crippen molar-refractivity contribution in [2.24, 2.45) is 0 Å². The summed E-state index contributed by atoms with van der Waals surface area (Å²) < 4.78 is 5.09. The maximum Gasteiger partial charge on any atom is 0.407 e. The highest BCUT2D eigenvalue weighted by atomic mass is 16.6. The van der Waals surface area contributed by atoms with Gasteiger partial charge in [-0.25, -0.2) is 4.79 Å². The van der Waals surface area contributed by atoms with Crippen LogP contribution in [0.5, 0.6) is 0 Å². The van der Waals surface area contributed by atoms with Crippen LogP contribution in [0.3, 0.4) is 0 Å². The van der Waals surface area contributed by atoms with E-state index in [4.69, 9.17) is 9.53 Å². The summed E-state index contributed by atoms with van der Waals surface area (Å²) in [6.45, 7) is 7.61. The Morgan fingerprint density at radius 2 is 1.86 bits per heavy atom. The molecule has 1 aliphatic carbocycles. The van der Waals surface area contributed by atoms with Crippen molar-refractivity contribution in [1.29, 1.82) is 0 Å². The molecule has 0 radical (unpaired) electrons. The van der Waals surface area contributed by atoms with Gasteiger partial charge in [-0.15, -0.1) is 0 Å². The minimum Gasteiger partial charge on any atom is -0.444 e. The molecule has 0 saturated heterocycles. The zero-order valence-electron chi connectivity index (χ0n) is 9.13.